The van der Waals surface area contributed by atoms with Gasteiger partial charge in [0.2, 0.25) is 0 Å². The summed E-state index contributed by atoms with van der Waals surface area (Å²) in [5.41, 5.74) is 2.75. The van der Waals surface area contributed by atoms with Crippen LogP contribution < -0.4 is 10.2 Å². The largest absolute Gasteiger partial charge is 0.384 e. The standard InChI is InChI=1S/C16H19N5S/c1-2-16(19-18-6-1)20-8-10-21(11-9-20)22-14-3-4-15-13(12-14)5-7-17-15/h1-4,6,12,17H,5,7-11H2. The van der Waals surface area contributed by atoms with Crippen LogP contribution in [0.5, 0.6) is 0 Å². The number of rotatable bonds is 3. The molecule has 1 aromatic heterocycles. The number of fused-ring (bicyclic) bond motifs is 1. The molecular formula is C16H19N5S. The molecule has 2 aliphatic rings. The summed E-state index contributed by atoms with van der Waals surface area (Å²) in [7, 11) is 0. The average Bonchev–Trinajstić information content (AvgIpc) is 3.04. The van der Waals surface area contributed by atoms with Crippen molar-refractivity contribution in [3.05, 3.63) is 42.1 Å². The number of benzene rings is 1. The predicted octanol–water partition coefficient (Wildman–Crippen LogP) is 2.27. The third-order valence-electron chi connectivity index (χ3n) is 4.14. The maximum Gasteiger partial charge on any atom is 0.151 e. The van der Waals surface area contributed by atoms with E-state index in [2.05, 4.69) is 42.9 Å². The van der Waals surface area contributed by atoms with Crippen LogP contribution >= 0.6 is 11.9 Å². The molecule has 0 spiro atoms. The van der Waals surface area contributed by atoms with Gasteiger partial charge in [0.05, 0.1) is 0 Å². The molecule has 0 bridgehead atoms. The van der Waals surface area contributed by atoms with Crippen LogP contribution in [-0.2, 0) is 6.42 Å². The SMILES string of the molecule is c1cnnc(N2CCN(Sc3ccc4c(c3)CCN4)CC2)c1. The molecular weight excluding hydrogens is 294 g/mol. The smallest absolute Gasteiger partial charge is 0.151 e. The molecule has 1 N–H and O–H groups in total. The molecule has 4 rings (SSSR count). The number of piperazine rings is 1. The van der Waals surface area contributed by atoms with Crippen molar-refractivity contribution in [3.8, 4) is 0 Å². The van der Waals surface area contributed by atoms with Crippen LogP contribution in [0.25, 0.3) is 0 Å². The second kappa shape index (κ2) is 6.14. The highest BCUT2D eigenvalue weighted by molar-refractivity contribution is 7.97. The van der Waals surface area contributed by atoms with E-state index < -0.39 is 0 Å². The molecule has 0 saturated carbocycles. The van der Waals surface area contributed by atoms with E-state index in [0.717, 1.165) is 45.0 Å². The topological polar surface area (TPSA) is 44.3 Å². The van der Waals surface area contributed by atoms with Gasteiger partial charge in [-0.05, 0) is 54.3 Å². The molecule has 3 heterocycles. The highest BCUT2D eigenvalue weighted by atomic mass is 32.2. The molecule has 2 aliphatic heterocycles. The van der Waals surface area contributed by atoms with Crippen LogP contribution in [0.2, 0.25) is 0 Å². The molecule has 0 aliphatic carbocycles. The minimum absolute atomic E-state index is 0.982. The van der Waals surface area contributed by atoms with Crippen molar-refractivity contribution in [1.82, 2.24) is 14.5 Å². The van der Waals surface area contributed by atoms with Gasteiger partial charge in [0.1, 0.15) is 0 Å². The number of anilines is 2. The van der Waals surface area contributed by atoms with Gasteiger partial charge in [-0.3, -0.25) is 0 Å². The lowest BCUT2D eigenvalue weighted by molar-refractivity contribution is 0.427. The van der Waals surface area contributed by atoms with Gasteiger partial charge in [0.25, 0.3) is 0 Å². The summed E-state index contributed by atoms with van der Waals surface area (Å²) < 4.78 is 2.44. The van der Waals surface area contributed by atoms with Crippen LogP contribution in [0.1, 0.15) is 5.56 Å². The lowest BCUT2D eigenvalue weighted by Gasteiger charge is -2.34. The van der Waals surface area contributed by atoms with E-state index in [1.165, 1.54) is 16.1 Å². The van der Waals surface area contributed by atoms with Crippen molar-refractivity contribution in [3.63, 3.8) is 0 Å². The molecule has 0 unspecified atom stereocenters. The van der Waals surface area contributed by atoms with Gasteiger partial charge in [0.15, 0.2) is 5.82 Å². The van der Waals surface area contributed by atoms with Crippen molar-refractivity contribution in [2.45, 2.75) is 11.3 Å². The summed E-state index contributed by atoms with van der Waals surface area (Å²) in [6.45, 7) is 5.14. The fraction of sp³-hybridized carbons (Fsp3) is 0.375. The van der Waals surface area contributed by atoms with E-state index in [-0.39, 0.29) is 0 Å². The van der Waals surface area contributed by atoms with Crippen molar-refractivity contribution < 1.29 is 0 Å². The van der Waals surface area contributed by atoms with Gasteiger partial charge in [0, 0.05) is 49.5 Å². The summed E-state index contributed by atoms with van der Waals surface area (Å²) in [5.74, 6) is 0.982. The Morgan fingerprint density at radius 1 is 1.09 bits per heavy atom. The molecule has 5 nitrogen and oxygen atoms in total. The lowest BCUT2D eigenvalue weighted by Crippen LogP contribution is -2.43. The van der Waals surface area contributed by atoms with Crippen molar-refractivity contribution in [2.24, 2.45) is 0 Å². The Morgan fingerprint density at radius 2 is 2.00 bits per heavy atom. The third-order valence-corrected chi connectivity index (χ3v) is 5.23. The van der Waals surface area contributed by atoms with E-state index >= 15 is 0 Å². The first-order chi connectivity index (χ1) is 10.9. The summed E-state index contributed by atoms with van der Waals surface area (Å²) in [4.78, 5) is 3.65. The van der Waals surface area contributed by atoms with E-state index in [0.29, 0.717) is 0 Å². The van der Waals surface area contributed by atoms with Crippen LogP contribution in [-0.4, -0.2) is 47.2 Å². The van der Waals surface area contributed by atoms with Gasteiger partial charge >= 0.3 is 0 Å². The molecule has 0 amide bonds. The minimum Gasteiger partial charge on any atom is -0.384 e. The van der Waals surface area contributed by atoms with Crippen molar-refractivity contribution in [2.75, 3.05) is 42.9 Å². The number of hydrogen-bond acceptors (Lipinski definition) is 6. The van der Waals surface area contributed by atoms with Gasteiger partial charge in [-0.2, -0.15) is 5.10 Å². The highest BCUT2D eigenvalue weighted by Gasteiger charge is 2.19. The van der Waals surface area contributed by atoms with Gasteiger partial charge in [-0.25, -0.2) is 4.31 Å². The zero-order valence-electron chi connectivity index (χ0n) is 12.4. The predicted molar refractivity (Wildman–Crippen MR) is 90.3 cm³/mol. The summed E-state index contributed by atoms with van der Waals surface area (Å²) >= 11 is 1.87. The monoisotopic (exact) mass is 313 g/mol. The fourth-order valence-electron chi connectivity index (χ4n) is 2.96. The normalized spacial score (nSPS) is 18.1. The van der Waals surface area contributed by atoms with Crippen LogP contribution in [0.15, 0.2) is 41.4 Å². The first-order valence-corrected chi connectivity index (χ1v) is 8.48. The molecule has 0 atom stereocenters. The maximum absolute atomic E-state index is 4.19. The Morgan fingerprint density at radius 3 is 2.82 bits per heavy atom. The molecule has 2 aromatic rings. The highest BCUT2D eigenvalue weighted by Crippen LogP contribution is 2.30. The Kier molecular flexibility index (Phi) is 3.86. The van der Waals surface area contributed by atoms with Crippen LogP contribution in [0.4, 0.5) is 11.5 Å². The molecule has 0 radical (unpaired) electrons. The Labute approximate surface area is 134 Å². The zero-order chi connectivity index (χ0) is 14.8. The number of aromatic nitrogens is 2. The summed E-state index contributed by atoms with van der Waals surface area (Å²) in [6.07, 6.45) is 2.86. The quantitative estimate of drug-likeness (QED) is 0.877. The molecule has 6 heteroatoms. The Bertz CT molecular complexity index is 640. The zero-order valence-corrected chi connectivity index (χ0v) is 13.2. The Hall–Kier alpha value is -1.79. The van der Waals surface area contributed by atoms with E-state index in [4.69, 9.17) is 0 Å². The number of nitrogens with one attached hydrogen (secondary N) is 1. The van der Waals surface area contributed by atoms with Crippen molar-refractivity contribution >= 4 is 23.5 Å². The minimum atomic E-state index is 0.982. The van der Waals surface area contributed by atoms with E-state index in [9.17, 15) is 0 Å². The number of nitrogens with zero attached hydrogens (tertiary/aromatic N) is 4. The third kappa shape index (κ3) is 2.89. The first kappa shape index (κ1) is 13.8. The van der Waals surface area contributed by atoms with Gasteiger partial charge < -0.3 is 10.2 Å². The van der Waals surface area contributed by atoms with Gasteiger partial charge in [-0.1, -0.05) is 0 Å². The second-order valence-electron chi connectivity index (χ2n) is 5.58. The number of hydrogen-bond donors (Lipinski definition) is 1. The molecule has 22 heavy (non-hydrogen) atoms. The Balaban J connectivity index is 1.36. The van der Waals surface area contributed by atoms with Crippen LogP contribution in [0.3, 0.4) is 0 Å². The van der Waals surface area contributed by atoms with E-state index in [1.54, 1.807) is 6.20 Å². The molecule has 1 fully saturated rings. The second-order valence-corrected chi connectivity index (χ2v) is 6.76. The summed E-state index contributed by atoms with van der Waals surface area (Å²) in [6, 6.07) is 10.7. The van der Waals surface area contributed by atoms with E-state index in [1.807, 2.05) is 24.1 Å². The molecule has 114 valence electrons. The van der Waals surface area contributed by atoms with Crippen LogP contribution in [0, 0.1) is 0 Å². The van der Waals surface area contributed by atoms with Crippen molar-refractivity contribution in [1.29, 1.82) is 0 Å². The fourth-order valence-corrected chi connectivity index (χ4v) is 3.93. The lowest BCUT2D eigenvalue weighted by atomic mass is 10.2. The molecule has 1 aromatic carbocycles. The maximum atomic E-state index is 4.19. The summed E-state index contributed by atoms with van der Waals surface area (Å²) in [5, 5.41) is 11.6. The van der Waals surface area contributed by atoms with Gasteiger partial charge in [-0.15, -0.1) is 5.10 Å². The first-order valence-electron chi connectivity index (χ1n) is 7.71. The average molecular weight is 313 g/mol. The molecule has 1 saturated heterocycles.